The first kappa shape index (κ1) is 11.7. The molecule has 3 N–H and O–H groups in total. The third-order valence-corrected chi connectivity index (χ3v) is 1.42. The molecule has 0 fully saturated rings. The third-order valence-electron chi connectivity index (χ3n) is 0.474. The first-order valence-corrected chi connectivity index (χ1v) is 3.78. The molecule has 0 heterocycles. The van der Waals surface area contributed by atoms with E-state index in [0.29, 0.717) is 0 Å². The van der Waals surface area contributed by atoms with Crippen LogP contribution in [0.25, 0.3) is 0 Å². The van der Waals surface area contributed by atoms with Gasteiger partial charge in [0, 0.05) is 0 Å². The van der Waals surface area contributed by atoms with Gasteiger partial charge in [-0.1, -0.05) is 0 Å². The van der Waals surface area contributed by atoms with Crippen molar-refractivity contribution < 1.29 is 14.7 Å². The summed E-state index contributed by atoms with van der Waals surface area (Å²) in [6.07, 6.45) is 0.0764. The van der Waals surface area contributed by atoms with Crippen molar-refractivity contribution in [3.05, 3.63) is 0 Å². The van der Waals surface area contributed by atoms with Crippen molar-refractivity contribution in [1.29, 1.82) is 0 Å². The number of rotatable bonds is 1. The van der Waals surface area contributed by atoms with Gasteiger partial charge in [0.15, 0.2) is 0 Å². The van der Waals surface area contributed by atoms with Crippen LogP contribution < -0.4 is 0 Å². The van der Waals surface area contributed by atoms with E-state index in [1.807, 2.05) is 0 Å². The van der Waals surface area contributed by atoms with Crippen molar-refractivity contribution in [3.8, 4) is 0 Å². The topological polar surface area (TPSA) is 60.7 Å². The summed E-state index contributed by atoms with van der Waals surface area (Å²) in [7, 11) is -3.63. The van der Waals surface area contributed by atoms with Gasteiger partial charge in [-0.2, -0.15) is 0 Å². The second-order valence-electron chi connectivity index (χ2n) is 1.13. The Morgan fingerprint density at radius 2 is 1.43 bits per heavy atom. The Morgan fingerprint density at radius 3 is 1.43 bits per heavy atom. The molecule has 5 heteroatoms. The summed E-state index contributed by atoms with van der Waals surface area (Å²) in [4.78, 5) is 24.2. The Labute approximate surface area is 85.8 Å². The van der Waals surface area contributed by atoms with E-state index in [0.717, 1.165) is 0 Å². The van der Waals surface area contributed by atoms with Crippen LogP contribution in [0.15, 0.2) is 0 Å². The average Bonchev–Trinajstić information content (AvgIpc) is 1.35. The molecular formula is C2H10KO3P. The number of hydrogen-bond donors (Lipinski definition) is 3. The molecule has 0 spiro atoms. The molecule has 0 aromatic rings. The summed E-state index contributed by atoms with van der Waals surface area (Å²) in [5.74, 6) is 0. The van der Waals surface area contributed by atoms with E-state index >= 15 is 0 Å². The minimum absolute atomic E-state index is 0. The zero-order valence-electron chi connectivity index (χ0n) is 3.55. The van der Waals surface area contributed by atoms with Gasteiger partial charge >= 0.3 is 87.1 Å². The van der Waals surface area contributed by atoms with E-state index in [4.69, 9.17) is 14.7 Å². The SMILES string of the molecule is CC[PH](O)(O)O.[KH]. The fraction of sp³-hybridized carbons (Fsp3) is 1.00. The molecule has 0 aliphatic rings. The van der Waals surface area contributed by atoms with Gasteiger partial charge in [-0.3, -0.25) is 0 Å². The standard InChI is InChI=1S/C2H9O3P.K.H/c1-2-6(3,4)5;;/h3-6H,2H2,1H3;;. The molecule has 0 unspecified atom stereocenters. The molecule has 0 atom stereocenters. The Kier molecular flexibility index (Phi) is 8.01. The van der Waals surface area contributed by atoms with Crippen LogP contribution in [0.2, 0.25) is 0 Å². The molecule has 0 radical (unpaired) electrons. The Hall–Kier alpha value is 1.95. The fourth-order valence-corrected chi connectivity index (χ4v) is 0. The minimum atomic E-state index is -3.63. The van der Waals surface area contributed by atoms with Gasteiger partial charge in [0.25, 0.3) is 0 Å². The van der Waals surface area contributed by atoms with Gasteiger partial charge in [0.1, 0.15) is 0 Å². The van der Waals surface area contributed by atoms with E-state index in [1.54, 1.807) is 0 Å². The quantitative estimate of drug-likeness (QED) is 0.328. The van der Waals surface area contributed by atoms with Gasteiger partial charge in [-0.15, -0.1) is 0 Å². The predicted molar refractivity (Wildman–Crippen MR) is 32.7 cm³/mol. The summed E-state index contributed by atoms with van der Waals surface area (Å²) < 4.78 is 0. The van der Waals surface area contributed by atoms with Crippen LogP contribution in [-0.2, 0) is 0 Å². The second-order valence-corrected chi connectivity index (χ2v) is 3.38. The van der Waals surface area contributed by atoms with Crippen molar-refractivity contribution in [2.75, 3.05) is 6.16 Å². The Balaban J connectivity index is 0. The van der Waals surface area contributed by atoms with Crippen LogP contribution >= 0.6 is 7.94 Å². The van der Waals surface area contributed by atoms with Crippen LogP contribution in [0.4, 0.5) is 0 Å². The average molecular weight is 152 g/mol. The molecule has 42 valence electrons. The van der Waals surface area contributed by atoms with Crippen molar-refractivity contribution in [2.24, 2.45) is 0 Å². The van der Waals surface area contributed by atoms with Crippen LogP contribution in [0, 0.1) is 0 Å². The van der Waals surface area contributed by atoms with Crippen LogP contribution in [0.5, 0.6) is 0 Å². The van der Waals surface area contributed by atoms with Crippen LogP contribution in [0.3, 0.4) is 0 Å². The predicted octanol–water partition coefficient (Wildman–Crippen LogP) is -1.17. The zero-order valence-corrected chi connectivity index (χ0v) is 4.55. The van der Waals surface area contributed by atoms with E-state index in [9.17, 15) is 0 Å². The van der Waals surface area contributed by atoms with Gasteiger partial charge in [0.2, 0.25) is 0 Å². The fourth-order valence-electron chi connectivity index (χ4n) is 0. The first-order chi connectivity index (χ1) is 2.56. The van der Waals surface area contributed by atoms with E-state index in [1.165, 1.54) is 6.92 Å². The molecule has 7 heavy (non-hydrogen) atoms. The normalized spacial score (nSPS) is 12.6. The van der Waals surface area contributed by atoms with Crippen LogP contribution in [0.1, 0.15) is 6.92 Å². The van der Waals surface area contributed by atoms with Gasteiger partial charge in [0.05, 0.1) is 0 Å². The maximum atomic E-state index is 8.08. The molecule has 0 bridgehead atoms. The van der Waals surface area contributed by atoms with Crippen molar-refractivity contribution in [1.82, 2.24) is 0 Å². The van der Waals surface area contributed by atoms with Crippen molar-refractivity contribution in [2.45, 2.75) is 6.92 Å². The third kappa shape index (κ3) is 11.5. The Bertz CT molecular complexity index is 42.7. The summed E-state index contributed by atoms with van der Waals surface area (Å²) in [6, 6.07) is 0. The van der Waals surface area contributed by atoms with E-state index in [2.05, 4.69) is 0 Å². The monoisotopic (exact) mass is 152 g/mol. The number of hydrogen-bond acceptors (Lipinski definition) is 3. The summed E-state index contributed by atoms with van der Waals surface area (Å²) in [6.45, 7) is 1.52. The second kappa shape index (κ2) is 4.79. The van der Waals surface area contributed by atoms with Gasteiger partial charge < -0.3 is 0 Å². The summed E-state index contributed by atoms with van der Waals surface area (Å²) in [5, 5.41) is 0. The summed E-state index contributed by atoms with van der Waals surface area (Å²) in [5.41, 5.74) is 0. The molecule has 0 aliphatic heterocycles. The van der Waals surface area contributed by atoms with Gasteiger partial charge in [-0.25, -0.2) is 0 Å². The van der Waals surface area contributed by atoms with E-state index in [-0.39, 0.29) is 57.5 Å². The molecule has 0 saturated heterocycles. The zero-order chi connectivity index (χ0) is 5.21. The maximum absolute atomic E-state index is 8.08. The molecule has 0 aliphatic carbocycles. The van der Waals surface area contributed by atoms with Crippen molar-refractivity contribution >= 4 is 59.3 Å². The molecule has 0 saturated carbocycles. The first-order valence-electron chi connectivity index (χ1n) is 1.73. The molecule has 0 rings (SSSR count). The molecule has 0 amide bonds. The molecular weight excluding hydrogens is 142 g/mol. The molecule has 3 nitrogen and oxygen atoms in total. The van der Waals surface area contributed by atoms with Crippen molar-refractivity contribution in [3.63, 3.8) is 0 Å². The molecule has 0 aromatic heterocycles. The summed E-state index contributed by atoms with van der Waals surface area (Å²) >= 11 is 0. The van der Waals surface area contributed by atoms with Gasteiger partial charge in [-0.05, 0) is 0 Å². The van der Waals surface area contributed by atoms with Crippen LogP contribution in [-0.4, -0.2) is 72.2 Å². The Morgan fingerprint density at radius 1 is 1.29 bits per heavy atom. The molecule has 0 aromatic carbocycles. The van der Waals surface area contributed by atoms with E-state index < -0.39 is 7.94 Å².